The lowest BCUT2D eigenvalue weighted by Crippen LogP contribution is -2.40. The van der Waals surface area contributed by atoms with E-state index in [4.69, 9.17) is 0 Å². The molecule has 23 heavy (non-hydrogen) atoms. The highest BCUT2D eigenvalue weighted by Gasteiger charge is 2.16. The van der Waals surface area contributed by atoms with Gasteiger partial charge in [-0.15, -0.1) is 0 Å². The first-order chi connectivity index (χ1) is 11.1. The first kappa shape index (κ1) is 16.8. The van der Waals surface area contributed by atoms with Crippen LogP contribution in [0.3, 0.4) is 0 Å². The summed E-state index contributed by atoms with van der Waals surface area (Å²) in [5, 5.41) is 19.7. The molecule has 2 rings (SSSR count). The molecule has 122 valence electrons. The van der Waals surface area contributed by atoms with Gasteiger partial charge in [0.05, 0.1) is 11.6 Å². The second kappa shape index (κ2) is 8.19. The number of phenolic OH excluding ortho intramolecular Hbond substituents is 2. The molecule has 0 spiro atoms. The van der Waals surface area contributed by atoms with Gasteiger partial charge >= 0.3 is 0 Å². The van der Waals surface area contributed by atoms with Crippen LogP contribution >= 0.6 is 0 Å². The van der Waals surface area contributed by atoms with Crippen molar-refractivity contribution >= 4 is 5.91 Å². The van der Waals surface area contributed by atoms with Crippen LogP contribution in [0.5, 0.6) is 11.5 Å². The first-order valence-electron chi connectivity index (χ1n) is 7.75. The average Bonchev–Trinajstić information content (AvgIpc) is 2.56. The summed E-state index contributed by atoms with van der Waals surface area (Å²) in [6.45, 7) is 2.09. The molecule has 2 aromatic rings. The third-order valence-electron chi connectivity index (χ3n) is 3.67. The van der Waals surface area contributed by atoms with Gasteiger partial charge in [0, 0.05) is 5.56 Å². The number of unbranched alkanes of at least 4 members (excludes halogenated alkanes) is 1. The maximum Gasteiger partial charge on any atom is 0.269 e. The molecule has 0 bridgehead atoms. The average molecular weight is 314 g/mol. The van der Waals surface area contributed by atoms with Crippen molar-refractivity contribution in [1.29, 1.82) is 0 Å². The van der Waals surface area contributed by atoms with Gasteiger partial charge in [-0.25, -0.2) is 5.43 Å². The summed E-state index contributed by atoms with van der Waals surface area (Å²) < 4.78 is 0. The number of carbonyl (C=O) groups excluding carboxylic acids is 1. The van der Waals surface area contributed by atoms with Gasteiger partial charge in [-0.3, -0.25) is 10.2 Å². The smallest absolute Gasteiger partial charge is 0.269 e. The van der Waals surface area contributed by atoms with Crippen molar-refractivity contribution in [3.63, 3.8) is 0 Å². The van der Waals surface area contributed by atoms with E-state index in [1.165, 1.54) is 6.07 Å². The Bertz CT molecular complexity index is 658. The van der Waals surface area contributed by atoms with Gasteiger partial charge in [-0.1, -0.05) is 50.1 Å². The van der Waals surface area contributed by atoms with E-state index in [1.54, 1.807) is 30.3 Å². The van der Waals surface area contributed by atoms with Crippen molar-refractivity contribution in [3.05, 3.63) is 59.7 Å². The van der Waals surface area contributed by atoms with Crippen molar-refractivity contribution in [2.45, 2.75) is 32.2 Å². The van der Waals surface area contributed by atoms with Crippen molar-refractivity contribution in [2.24, 2.45) is 0 Å². The lowest BCUT2D eigenvalue weighted by molar-refractivity contribution is 0.0920. The molecule has 5 heteroatoms. The largest absolute Gasteiger partial charge is 0.508 e. The van der Waals surface area contributed by atoms with Crippen LogP contribution in [-0.4, -0.2) is 16.1 Å². The Hall–Kier alpha value is -2.53. The van der Waals surface area contributed by atoms with E-state index < -0.39 is 5.91 Å². The Balaban J connectivity index is 2.08. The maximum absolute atomic E-state index is 12.2. The van der Waals surface area contributed by atoms with Crippen LogP contribution in [0.15, 0.2) is 48.5 Å². The van der Waals surface area contributed by atoms with Crippen LogP contribution in [-0.2, 0) is 0 Å². The second-order valence-corrected chi connectivity index (χ2v) is 5.37. The van der Waals surface area contributed by atoms with E-state index in [0.717, 1.165) is 24.8 Å². The fraction of sp³-hybridized carbons (Fsp3) is 0.278. The third-order valence-corrected chi connectivity index (χ3v) is 3.67. The highest BCUT2D eigenvalue weighted by molar-refractivity contribution is 5.96. The van der Waals surface area contributed by atoms with Gasteiger partial charge in [0.15, 0.2) is 0 Å². The third kappa shape index (κ3) is 4.47. The molecule has 0 aromatic heterocycles. The molecular formula is C18H22N2O3. The van der Waals surface area contributed by atoms with Gasteiger partial charge in [0.1, 0.15) is 11.5 Å². The molecule has 4 N–H and O–H groups in total. The van der Waals surface area contributed by atoms with Gasteiger partial charge in [-0.05, 0) is 24.6 Å². The number of carbonyl (C=O) groups is 1. The summed E-state index contributed by atoms with van der Waals surface area (Å²) in [7, 11) is 0. The van der Waals surface area contributed by atoms with Crippen molar-refractivity contribution in [1.82, 2.24) is 10.9 Å². The number of nitrogens with one attached hydrogen (secondary N) is 2. The Labute approximate surface area is 135 Å². The van der Waals surface area contributed by atoms with Crippen LogP contribution in [0.25, 0.3) is 0 Å². The van der Waals surface area contributed by atoms with E-state index in [-0.39, 0.29) is 23.1 Å². The van der Waals surface area contributed by atoms with Crippen LogP contribution in [0.2, 0.25) is 0 Å². The number of phenols is 2. The SMILES string of the molecule is CCCCC(NNC(=O)c1ccccc1O)c1ccccc1O. The van der Waals surface area contributed by atoms with E-state index in [2.05, 4.69) is 17.8 Å². The quantitative estimate of drug-likeness (QED) is 0.591. The highest BCUT2D eigenvalue weighted by atomic mass is 16.3. The van der Waals surface area contributed by atoms with E-state index in [9.17, 15) is 15.0 Å². The fourth-order valence-electron chi connectivity index (χ4n) is 2.38. The van der Waals surface area contributed by atoms with Crippen molar-refractivity contribution in [3.8, 4) is 11.5 Å². The van der Waals surface area contributed by atoms with Crippen LogP contribution < -0.4 is 10.9 Å². The molecular weight excluding hydrogens is 292 g/mol. The summed E-state index contributed by atoms with van der Waals surface area (Å²) in [5.41, 5.74) is 6.52. The maximum atomic E-state index is 12.2. The van der Waals surface area contributed by atoms with Gasteiger partial charge in [0.25, 0.3) is 5.91 Å². The van der Waals surface area contributed by atoms with E-state index in [0.29, 0.717) is 0 Å². The molecule has 1 amide bonds. The Kier molecular flexibility index (Phi) is 6.00. The molecule has 1 atom stereocenters. The van der Waals surface area contributed by atoms with Crippen molar-refractivity contribution in [2.75, 3.05) is 0 Å². The van der Waals surface area contributed by atoms with Crippen LogP contribution in [0.4, 0.5) is 0 Å². The monoisotopic (exact) mass is 314 g/mol. The minimum Gasteiger partial charge on any atom is -0.508 e. The molecule has 5 nitrogen and oxygen atoms in total. The lowest BCUT2D eigenvalue weighted by Gasteiger charge is -2.20. The lowest BCUT2D eigenvalue weighted by atomic mass is 10.0. The zero-order valence-corrected chi connectivity index (χ0v) is 13.1. The number of amides is 1. The molecule has 0 saturated heterocycles. The Morgan fingerprint density at radius 2 is 1.70 bits per heavy atom. The van der Waals surface area contributed by atoms with Gasteiger partial charge in [-0.2, -0.15) is 0 Å². The predicted octanol–water partition coefficient (Wildman–Crippen LogP) is 3.26. The zero-order chi connectivity index (χ0) is 16.7. The minimum atomic E-state index is -0.417. The Morgan fingerprint density at radius 3 is 2.35 bits per heavy atom. The molecule has 1 unspecified atom stereocenters. The standard InChI is InChI=1S/C18H22N2O3/c1-2-3-10-15(13-8-4-6-11-16(13)21)19-20-18(23)14-9-5-7-12-17(14)22/h4-9,11-12,15,19,21-22H,2-3,10H2,1H3,(H,20,23). The summed E-state index contributed by atoms with van der Waals surface area (Å²) in [4.78, 5) is 12.2. The predicted molar refractivity (Wildman–Crippen MR) is 89.1 cm³/mol. The molecule has 0 aliphatic rings. The number of para-hydroxylation sites is 2. The Morgan fingerprint density at radius 1 is 1.04 bits per heavy atom. The summed E-state index contributed by atoms with van der Waals surface area (Å²) in [6.07, 6.45) is 2.74. The number of aromatic hydroxyl groups is 2. The molecule has 0 saturated carbocycles. The molecule has 0 fully saturated rings. The summed E-state index contributed by atoms with van der Waals surface area (Å²) in [6, 6.07) is 13.2. The van der Waals surface area contributed by atoms with E-state index >= 15 is 0 Å². The number of rotatable bonds is 7. The van der Waals surface area contributed by atoms with Gasteiger partial charge in [0.2, 0.25) is 0 Å². The van der Waals surface area contributed by atoms with Crippen LogP contribution in [0, 0.1) is 0 Å². The first-order valence-corrected chi connectivity index (χ1v) is 7.75. The molecule has 0 heterocycles. The molecule has 2 aromatic carbocycles. The summed E-state index contributed by atoms with van der Waals surface area (Å²) >= 11 is 0. The van der Waals surface area contributed by atoms with Crippen molar-refractivity contribution < 1.29 is 15.0 Å². The zero-order valence-electron chi connectivity index (χ0n) is 13.1. The fourth-order valence-corrected chi connectivity index (χ4v) is 2.38. The molecule has 0 aliphatic heterocycles. The molecule has 0 radical (unpaired) electrons. The number of benzene rings is 2. The van der Waals surface area contributed by atoms with E-state index in [1.807, 2.05) is 12.1 Å². The molecule has 0 aliphatic carbocycles. The summed E-state index contributed by atoms with van der Waals surface area (Å²) in [5.74, 6) is -0.294. The second-order valence-electron chi connectivity index (χ2n) is 5.37. The topological polar surface area (TPSA) is 81.6 Å². The minimum absolute atomic E-state index is 0.0699. The normalized spacial score (nSPS) is 11.9. The van der Waals surface area contributed by atoms with Gasteiger partial charge < -0.3 is 10.2 Å². The number of hydrogen-bond acceptors (Lipinski definition) is 4. The van der Waals surface area contributed by atoms with Crippen LogP contribution in [0.1, 0.15) is 48.1 Å². The highest BCUT2D eigenvalue weighted by Crippen LogP contribution is 2.27. The number of hydrazine groups is 1. The number of hydrogen-bond donors (Lipinski definition) is 4.